The first-order valence-corrected chi connectivity index (χ1v) is 10.2. The van der Waals surface area contributed by atoms with Crippen LogP contribution >= 0.6 is 0 Å². The Labute approximate surface area is 155 Å². The zero-order valence-electron chi connectivity index (χ0n) is 15.4. The number of benzene rings is 2. The Bertz CT molecular complexity index is 916. The highest BCUT2D eigenvalue weighted by molar-refractivity contribution is 7.89. The third-order valence-electron chi connectivity index (χ3n) is 4.96. The summed E-state index contributed by atoms with van der Waals surface area (Å²) in [6, 6.07) is 12.8. The molecule has 1 aliphatic rings. The van der Waals surface area contributed by atoms with Gasteiger partial charge in [0.05, 0.1) is 4.90 Å². The smallest absolute Gasteiger partial charge is 0.253 e. The minimum atomic E-state index is -3.55. The lowest BCUT2D eigenvalue weighted by Gasteiger charge is -2.34. The van der Waals surface area contributed by atoms with E-state index in [9.17, 15) is 13.2 Å². The Balaban J connectivity index is 1.75. The summed E-state index contributed by atoms with van der Waals surface area (Å²) in [4.78, 5) is 14.6. The van der Waals surface area contributed by atoms with E-state index in [1.165, 1.54) is 4.31 Å². The molecule has 0 bridgehead atoms. The van der Waals surface area contributed by atoms with E-state index in [1.54, 1.807) is 23.1 Å². The average Bonchev–Trinajstić information content (AvgIpc) is 2.65. The summed E-state index contributed by atoms with van der Waals surface area (Å²) in [6.45, 7) is 7.15. The molecule has 1 aliphatic heterocycles. The van der Waals surface area contributed by atoms with Crippen molar-refractivity contribution in [1.29, 1.82) is 0 Å². The maximum absolute atomic E-state index is 13.0. The van der Waals surface area contributed by atoms with Crippen molar-refractivity contribution >= 4 is 15.9 Å². The molecule has 26 heavy (non-hydrogen) atoms. The van der Waals surface area contributed by atoms with Gasteiger partial charge in [0, 0.05) is 31.7 Å². The quantitative estimate of drug-likeness (QED) is 0.832. The fourth-order valence-corrected chi connectivity index (χ4v) is 4.96. The van der Waals surface area contributed by atoms with E-state index in [2.05, 4.69) is 0 Å². The number of aryl methyl sites for hydroxylation is 3. The van der Waals surface area contributed by atoms with Gasteiger partial charge in [-0.15, -0.1) is 0 Å². The van der Waals surface area contributed by atoms with Gasteiger partial charge >= 0.3 is 0 Å². The number of carbonyl (C=O) groups excluding carboxylic acids is 1. The number of hydrogen-bond acceptors (Lipinski definition) is 3. The first-order valence-electron chi connectivity index (χ1n) is 8.73. The minimum Gasteiger partial charge on any atom is -0.336 e. The zero-order valence-corrected chi connectivity index (χ0v) is 16.2. The third kappa shape index (κ3) is 3.52. The Morgan fingerprint density at radius 1 is 0.846 bits per heavy atom. The van der Waals surface area contributed by atoms with E-state index in [4.69, 9.17) is 0 Å². The minimum absolute atomic E-state index is 0.0509. The molecule has 0 N–H and O–H groups in total. The van der Waals surface area contributed by atoms with Crippen LogP contribution in [0.3, 0.4) is 0 Å². The lowest BCUT2D eigenvalue weighted by molar-refractivity contribution is 0.0698. The van der Waals surface area contributed by atoms with Gasteiger partial charge in [-0.1, -0.05) is 24.3 Å². The van der Waals surface area contributed by atoms with Gasteiger partial charge in [-0.05, 0) is 55.7 Å². The summed E-state index contributed by atoms with van der Waals surface area (Å²) in [6.07, 6.45) is 0. The molecule has 6 heteroatoms. The Hall–Kier alpha value is -2.18. The Morgan fingerprint density at radius 3 is 2.04 bits per heavy atom. The van der Waals surface area contributed by atoms with Crippen LogP contribution in [0.25, 0.3) is 0 Å². The number of nitrogens with zero attached hydrogens (tertiary/aromatic N) is 2. The van der Waals surface area contributed by atoms with E-state index >= 15 is 0 Å². The number of piperazine rings is 1. The second-order valence-electron chi connectivity index (χ2n) is 6.76. The highest BCUT2D eigenvalue weighted by Gasteiger charge is 2.31. The van der Waals surface area contributed by atoms with Crippen LogP contribution < -0.4 is 0 Å². The molecule has 0 spiro atoms. The molecule has 2 aromatic rings. The van der Waals surface area contributed by atoms with E-state index in [1.807, 2.05) is 45.0 Å². The SMILES string of the molecule is Cc1cc(C)c(S(=O)(=O)N2CCN(C(=O)c3ccccc3)CC2)cc1C. The van der Waals surface area contributed by atoms with Crippen molar-refractivity contribution < 1.29 is 13.2 Å². The average molecular weight is 372 g/mol. The van der Waals surface area contributed by atoms with E-state index in [-0.39, 0.29) is 5.91 Å². The van der Waals surface area contributed by atoms with Crippen molar-refractivity contribution in [3.8, 4) is 0 Å². The lowest BCUT2D eigenvalue weighted by Crippen LogP contribution is -2.50. The van der Waals surface area contributed by atoms with Gasteiger partial charge < -0.3 is 4.90 Å². The van der Waals surface area contributed by atoms with Crippen molar-refractivity contribution in [2.45, 2.75) is 25.7 Å². The van der Waals surface area contributed by atoms with Crippen LogP contribution in [0.4, 0.5) is 0 Å². The molecule has 1 fully saturated rings. The van der Waals surface area contributed by atoms with Crippen LogP contribution in [0.1, 0.15) is 27.0 Å². The second kappa shape index (κ2) is 7.21. The number of carbonyl (C=O) groups is 1. The molecule has 0 aliphatic carbocycles. The molecule has 3 rings (SSSR count). The molecule has 0 saturated carbocycles. The van der Waals surface area contributed by atoms with Gasteiger partial charge in [0.2, 0.25) is 10.0 Å². The number of rotatable bonds is 3. The first-order chi connectivity index (χ1) is 12.3. The van der Waals surface area contributed by atoms with Crippen LogP contribution in [-0.4, -0.2) is 49.7 Å². The molecule has 5 nitrogen and oxygen atoms in total. The number of amides is 1. The third-order valence-corrected chi connectivity index (χ3v) is 7.00. The van der Waals surface area contributed by atoms with Crippen LogP contribution in [-0.2, 0) is 10.0 Å². The van der Waals surface area contributed by atoms with E-state index in [0.717, 1.165) is 16.7 Å². The highest BCUT2D eigenvalue weighted by Crippen LogP contribution is 2.24. The molecule has 0 unspecified atom stereocenters. The predicted molar refractivity (Wildman–Crippen MR) is 102 cm³/mol. The molecule has 0 atom stereocenters. The molecule has 1 heterocycles. The zero-order chi connectivity index (χ0) is 18.9. The second-order valence-corrected chi connectivity index (χ2v) is 8.67. The van der Waals surface area contributed by atoms with Crippen molar-refractivity contribution in [2.24, 2.45) is 0 Å². The van der Waals surface area contributed by atoms with Gasteiger partial charge in [-0.3, -0.25) is 4.79 Å². The van der Waals surface area contributed by atoms with Crippen LogP contribution in [0, 0.1) is 20.8 Å². The summed E-state index contributed by atoms with van der Waals surface area (Å²) >= 11 is 0. The molecule has 1 saturated heterocycles. The van der Waals surface area contributed by atoms with Gasteiger partial charge in [-0.2, -0.15) is 4.31 Å². The van der Waals surface area contributed by atoms with Crippen molar-refractivity contribution in [3.05, 3.63) is 64.7 Å². The predicted octanol–water partition coefficient (Wildman–Crippen LogP) is 2.76. The molecule has 0 aromatic heterocycles. The van der Waals surface area contributed by atoms with E-state index < -0.39 is 10.0 Å². The molecular weight excluding hydrogens is 348 g/mol. The highest BCUT2D eigenvalue weighted by atomic mass is 32.2. The fourth-order valence-electron chi connectivity index (χ4n) is 3.25. The monoisotopic (exact) mass is 372 g/mol. The lowest BCUT2D eigenvalue weighted by atomic mass is 10.1. The van der Waals surface area contributed by atoms with Crippen LogP contribution in [0.5, 0.6) is 0 Å². The standard InChI is InChI=1S/C20H24N2O3S/c1-15-13-17(3)19(14-16(15)2)26(24,25)22-11-9-21(10-12-22)20(23)18-7-5-4-6-8-18/h4-8,13-14H,9-12H2,1-3H3. The maximum Gasteiger partial charge on any atom is 0.253 e. The van der Waals surface area contributed by atoms with Gasteiger partial charge in [0.25, 0.3) is 5.91 Å². The topological polar surface area (TPSA) is 57.7 Å². The largest absolute Gasteiger partial charge is 0.336 e. The summed E-state index contributed by atoms with van der Waals surface area (Å²) in [5, 5.41) is 0. The summed E-state index contributed by atoms with van der Waals surface area (Å²) in [7, 11) is -3.55. The van der Waals surface area contributed by atoms with Crippen molar-refractivity contribution in [2.75, 3.05) is 26.2 Å². The van der Waals surface area contributed by atoms with Gasteiger partial charge in [0.1, 0.15) is 0 Å². The molecular formula is C20H24N2O3S. The molecule has 2 aromatic carbocycles. The molecule has 1 amide bonds. The Kier molecular flexibility index (Phi) is 5.16. The number of hydrogen-bond donors (Lipinski definition) is 0. The van der Waals surface area contributed by atoms with E-state index in [0.29, 0.717) is 36.6 Å². The van der Waals surface area contributed by atoms with Crippen LogP contribution in [0.15, 0.2) is 47.4 Å². The van der Waals surface area contributed by atoms with Crippen LogP contribution in [0.2, 0.25) is 0 Å². The number of sulfonamides is 1. The summed E-state index contributed by atoms with van der Waals surface area (Å²) < 4.78 is 27.6. The molecule has 138 valence electrons. The summed E-state index contributed by atoms with van der Waals surface area (Å²) in [5.74, 6) is -0.0509. The van der Waals surface area contributed by atoms with Crippen molar-refractivity contribution in [1.82, 2.24) is 9.21 Å². The Morgan fingerprint density at radius 2 is 1.42 bits per heavy atom. The van der Waals surface area contributed by atoms with Gasteiger partial charge in [0.15, 0.2) is 0 Å². The van der Waals surface area contributed by atoms with Gasteiger partial charge in [-0.25, -0.2) is 8.42 Å². The van der Waals surface area contributed by atoms with Crippen molar-refractivity contribution in [3.63, 3.8) is 0 Å². The normalized spacial score (nSPS) is 15.9. The fraction of sp³-hybridized carbons (Fsp3) is 0.350. The first kappa shape index (κ1) is 18.6. The maximum atomic E-state index is 13.0. The summed E-state index contributed by atoms with van der Waals surface area (Å²) in [5.41, 5.74) is 3.44. The molecule has 0 radical (unpaired) electrons.